The Morgan fingerprint density at radius 3 is 2.67 bits per heavy atom. The van der Waals surface area contributed by atoms with Crippen LogP contribution in [0.2, 0.25) is 0 Å². The summed E-state index contributed by atoms with van der Waals surface area (Å²) in [6.07, 6.45) is 3.90. The molecule has 0 amide bonds. The Bertz CT molecular complexity index is 302. The van der Waals surface area contributed by atoms with Crippen LogP contribution in [0.15, 0.2) is 12.3 Å². The Labute approximate surface area is 92.3 Å². The Hall–Kier alpha value is -0.960. The minimum absolute atomic E-state index is 0.135. The van der Waals surface area contributed by atoms with Gasteiger partial charge in [-0.2, -0.15) is 0 Å². The van der Waals surface area contributed by atoms with Gasteiger partial charge >= 0.3 is 0 Å². The van der Waals surface area contributed by atoms with Crippen molar-refractivity contribution in [2.75, 3.05) is 0 Å². The predicted octanol–water partition coefficient (Wildman–Crippen LogP) is 2.32. The highest BCUT2D eigenvalue weighted by atomic mass is 15.0. The van der Waals surface area contributed by atoms with Crippen molar-refractivity contribution in [3.63, 3.8) is 0 Å². The minimum atomic E-state index is 0.135. The van der Waals surface area contributed by atoms with Crippen molar-refractivity contribution >= 4 is 0 Å². The average molecular weight is 207 g/mol. The summed E-state index contributed by atoms with van der Waals surface area (Å²) >= 11 is 0. The maximum Gasteiger partial charge on any atom is 0.128 e. The van der Waals surface area contributed by atoms with Gasteiger partial charge in [-0.1, -0.05) is 6.92 Å². The molecule has 1 N–H and O–H groups in total. The van der Waals surface area contributed by atoms with E-state index in [-0.39, 0.29) is 5.54 Å². The molecule has 0 radical (unpaired) electrons. The van der Waals surface area contributed by atoms with Gasteiger partial charge in [0.2, 0.25) is 0 Å². The molecular formula is C12H21N3. The molecule has 1 aromatic heterocycles. The Kier molecular flexibility index (Phi) is 4.21. The second kappa shape index (κ2) is 5.21. The van der Waals surface area contributed by atoms with E-state index in [1.807, 2.05) is 12.3 Å². The highest BCUT2D eigenvalue weighted by Crippen LogP contribution is 2.03. The van der Waals surface area contributed by atoms with Crippen LogP contribution in [0.4, 0.5) is 0 Å². The van der Waals surface area contributed by atoms with E-state index in [9.17, 15) is 0 Å². The zero-order valence-corrected chi connectivity index (χ0v) is 10.2. The summed E-state index contributed by atoms with van der Waals surface area (Å²) in [5.41, 5.74) is 1.21. The minimum Gasteiger partial charge on any atom is -0.306 e. The van der Waals surface area contributed by atoms with Crippen LogP contribution in [0.3, 0.4) is 0 Å². The number of nitrogens with zero attached hydrogens (tertiary/aromatic N) is 2. The number of hydrogen-bond donors (Lipinski definition) is 1. The lowest BCUT2D eigenvalue weighted by molar-refractivity contribution is 0.420. The molecule has 1 heterocycles. The lowest BCUT2D eigenvalue weighted by Crippen LogP contribution is -2.35. The third kappa shape index (κ3) is 4.88. The first-order chi connectivity index (χ1) is 7.01. The fourth-order valence-electron chi connectivity index (χ4n) is 1.24. The molecule has 1 rings (SSSR count). The third-order valence-corrected chi connectivity index (χ3v) is 2.04. The van der Waals surface area contributed by atoms with Crippen LogP contribution in [0.1, 0.15) is 45.6 Å². The monoisotopic (exact) mass is 207 g/mol. The molecule has 0 fully saturated rings. The number of nitrogens with one attached hydrogen (secondary N) is 1. The van der Waals surface area contributed by atoms with Gasteiger partial charge in [0.25, 0.3) is 0 Å². The van der Waals surface area contributed by atoms with E-state index in [1.165, 1.54) is 0 Å². The molecule has 84 valence electrons. The topological polar surface area (TPSA) is 37.8 Å². The normalized spacial score (nSPS) is 11.7. The fourth-order valence-corrected chi connectivity index (χ4v) is 1.24. The van der Waals surface area contributed by atoms with E-state index in [0.29, 0.717) is 0 Å². The van der Waals surface area contributed by atoms with Gasteiger partial charge in [0.15, 0.2) is 0 Å². The first-order valence-electron chi connectivity index (χ1n) is 5.57. The number of aryl methyl sites for hydroxylation is 1. The summed E-state index contributed by atoms with van der Waals surface area (Å²) in [7, 11) is 0. The first kappa shape index (κ1) is 12.1. The van der Waals surface area contributed by atoms with Crippen molar-refractivity contribution in [3.05, 3.63) is 23.8 Å². The van der Waals surface area contributed by atoms with Gasteiger partial charge in [0, 0.05) is 24.7 Å². The van der Waals surface area contributed by atoms with Crippen molar-refractivity contribution in [2.45, 2.75) is 52.6 Å². The third-order valence-electron chi connectivity index (χ3n) is 2.04. The second-order valence-electron chi connectivity index (χ2n) is 4.82. The van der Waals surface area contributed by atoms with Gasteiger partial charge in [0.1, 0.15) is 5.82 Å². The molecule has 0 aliphatic rings. The lowest BCUT2D eigenvalue weighted by atomic mass is 10.1. The zero-order valence-electron chi connectivity index (χ0n) is 10.2. The molecule has 0 aromatic carbocycles. The largest absolute Gasteiger partial charge is 0.306 e. The van der Waals surface area contributed by atoms with E-state index in [4.69, 9.17) is 0 Å². The van der Waals surface area contributed by atoms with Crippen molar-refractivity contribution in [1.82, 2.24) is 15.3 Å². The van der Waals surface area contributed by atoms with Crippen LogP contribution >= 0.6 is 0 Å². The summed E-state index contributed by atoms with van der Waals surface area (Å²) < 4.78 is 0. The van der Waals surface area contributed by atoms with Gasteiger partial charge < -0.3 is 5.32 Å². The smallest absolute Gasteiger partial charge is 0.128 e. The molecule has 0 saturated carbocycles. The molecule has 0 aliphatic heterocycles. The molecule has 15 heavy (non-hydrogen) atoms. The quantitative estimate of drug-likeness (QED) is 0.823. The maximum atomic E-state index is 4.49. The highest BCUT2D eigenvalue weighted by Gasteiger charge is 2.08. The van der Waals surface area contributed by atoms with Gasteiger partial charge in [-0.25, -0.2) is 9.97 Å². The standard InChI is InChI=1S/C12H21N3/c1-5-6-11-13-8-7-10(15-11)9-14-12(2,3)4/h7-8,14H,5-6,9H2,1-4H3. The Morgan fingerprint density at radius 2 is 2.07 bits per heavy atom. The van der Waals surface area contributed by atoms with Crippen LogP contribution in [0.5, 0.6) is 0 Å². The average Bonchev–Trinajstić information content (AvgIpc) is 2.15. The molecule has 0 atom stereocenters. The van der Waals surface area contributed by atoms with Crippen molar-refractivity contribution < 1.29 is 0 Å². The molecule has 0 unspecified atom stereocenters. The summed E-state index contributed by atoms with van der Waals surface area (Å²) in [4.78, 5) is 8.73. The SMILES string of the molecule is CCCc1nccc(CNC(C)(C)C)n1. The van der Waals surface area contributed by atoms with E-state index in [0.717, 1.165) is 30.9 Å². The van der Waals surface area contributed by atoms with Crippen LogP contribution in [-0.4, -0.2) is 15.5 Å². The fraction of sp³-hybridized carbons (Fsp3) is 0.667. The van der Waals surface area contributed by atoms with Crippen molar-refractivity contribution in [1.29, 1.82) is 0 Å². The zero-order chi connectivity index (χ0) is 11.3. The summed E-state index contributed by atoms with van der Waals surface area (Å²) in [6.45, 7) is 9.41. The molecule has 0 aliphatic carbocycles. The molecular weight excluding hydrogens is 186 g/mol. The van der Waals surface area contributed by atoms with E-state index >= 15 is 0 Å². The Morgan fingerprint density at radius 1 is 1.33 bits per heavy atom. The van der Waals surface area contributed by atoms with E-state index in [2.05, 4.69) is 43.0 Å². The molecule has 3 nitrogen and oxygen atoms in total. The van der Waals surface area contributed by atoms with E-state index in [1.54, 1.807) is 0 Å². The van der Waals surface area contributed by atoms with Gasteiger partial charge in [0.05, 0.1) is 5.69 Å². The van der Waals surface area contributed by atoms with Crippen LogP contribution < -0.4 is 5.32 Å². The molecule has 3 heteroatoms. The molecule has 1 aromatic rings. The maximum absolute atomic E-state index is 4.49. The van der Waals surface area contributed by atoms with Gasteiger partial charge in [-0.05, 0) is 33.3 Å². The predicted molar refractivity (Wildman–Crippen MR) is 62.6 cm³/mol. The molecule has 0 spiro atoms. The van der Waals surface area contributed by atoms with Gasteiger partial charge in [-0.3, -0.25) is 0 Å². The van der Waals surface area contributed by atoms with Gasteiger partial charge in [-0.15, -0.1) is 0 Å². The lowest BCUT2D eigenvalue weighted by Gasteiger charge is -2.20. The Balaban J connectivity index is 2.57. The molecule has 0 saturated heterocycles. The second-order valence-corrected chi connectivity index (χ2v) is 4.82. The number of rotatable bonds is 4. The van der Waals surface area contributed by atoms with Crippen molar-refractivity contribution in [3.8, 4) is 0 Å². The number of aromatic nitrogens is 2. The summed E-state index contributed by atoms with van der Waals surface area (Å²) in [6, 6.07) is 1.97. The van der Waals surface area contributed by atoms with Crippen LogP contribution in [0, 0.1) is 0 Å². The van der Waals surface area contributed by atoms with Crippen molar-refractivity contribution in [2.24, 2.45) is 0 Å². The summed E-state index contributed by atoms with van der Waals surface area (Å²) in [5, 5.41) is 3.42. The highest BCUT2D eigenvalue weighted by molar-refractivity contribution is 5.02. The molecule has 0 bridgehead atoms. The van der Waals surface area contributed by atoms with Crippen LogP contribution in [-0.2, 0) is 13.0 Å². The summed E-state index contributed by atoms with van der Waals surface area (Å²) in [5.74, 6) is 0.950. The number of hydrogen-bond acceptors (Lipinski definition) is 3. The first-order valence-corrected chi connectivity index (χ1v) is 5.57. The van der Waals surface area contributed by atoms with E-state index < -0.39 is 0 Å². The van der Waals surface area contributed by atoms with Crippen LogP contribution in [0.25, 0.3) is 0 Å².